The SMILES string of the molecule is CC1CCCC(Sc2ncnc3ccc(N)cc23)C1. The number of thioether (sulfide) groups is 1. The lowest BCUT2D eigenvalue weighted by Gasteiger charge is -2.26. The van der Waals surface area contributed by atoms with Crippen molar-refractivity contribution in [1.82, 2.24) is 9.97 Å². The fourth-order valence-electron chi connectivity index (χ4n) is 2.79. The third-order valence-electron chi connectivity index (χ3n) is 3.79. The van der Waals surface area contributed by atoms with E-state index in [0.717, 1.165) is 27.5 Å². The second-order valence-electron chi connectivity index (χ2n) is 5.47. The van der Waals surface area contributed by atoms with Gasteiger partial charge in [-0.15, -0.1) is 11.8 Å². The first-order valence-corrected chi connectivity index (χ1v) is 7.77. The highest BCUT2D eigenvalue weighted by molar-refractivity contribution is 8.00. The highest BCUT2D eigenvalue weighted by Crippen LogP contribution is 2.37. The van der Waals surface area contributed by atoms with Gasteiger partial charge in [0.05, 0.1) is 5.52 Å². The predicted octanol–water partition coefficient (Wildman–Crippen LogP) is 3.88. The zero-order valence-electron chi connectivity index (χ0n) is 11.2. The summed E-state index contributed by atoms with van der Waals surface area (Å²) in [6.45, 7) is 2.35. The van der Waals surface area contributed by atoms with Crippen LogP contribution in [0.2, 0.25) is 0 Å². The molecule has 0 aliphatic heterocycles. The summed E-state index contributed by atoms with van der Waals surface area (Å²) in [5, 5.41) is 2.85. The van der Waals surface area contributed by atoms with Crippen LogP contribution in [0.5, 0.6) is 0 Å². The molecular formula is C15H19N3S. The molecule has 1 aliphatic rings. The number of benzene rings is 1. The molecule has 0 spiro atoms. The van der Waals surface area contributed by atoms with Crippen molar-refractivity contribution in [1.29, 1.82) is 0 Å². The van der Waals surface area contributed by atoms with Crippen molar-refractivity contribution in [2.24, 2.45) is 5.92 Å². The van der Waals surface area contributed by atoms with E-state index in [1.807, 2.05) is 30.0 Å². The number of anilines is 1. The van der Waals surface area contributed by atoms with E-state index < -0.39 is 0 Å². The monoisotopic (exact) mass is 273 g/mol. The Bertz CT molecular complexity index is 585. The quantitative estimate of drug-likeness (QED) is 0.666. The molecule has 3 rings (SSSR count). The average molecular weight is 273 g/mol. The van der Waals surface area contributed by atoms with Crippen molar-refractivity contribution in [3.05, 3.63) is 24.5 Å². The number of hydrogen-bond acceptors (Lipinski definition) is 4. The van der Waals surface area contributed by atoms with Gasteiger partial charge in [-0.3, -0.25) is 0 Å². The zero-order chi connectivity index (χ0) is 13.2. The van der Waals surface area contributed by atoms with Gasteiger partial charge in [-0.25, -0.2) is 9.97 Å². The molecule has 2 unspecified atom stereocenters. The summed E-state index contributed by atoms with van der Waals surface area (Å²) in [4.78, 5) is 8.77. The van der Waals surface area contributed by atoms with Gasteiger partial charge in [0, 0.05) is 16.3 Å². The minimum absolute atomic E-state index is 0.684. The summed E-state index contributed by atoms with van der Waals surface area (Å²) in [6.07, 6.45) is 6.95. The molecule has 2 aromatic rings. The maximum Gasteiger partial charge on any atom is 0.117 e. The lowest BCUT2D eigenvalue weighted by molar-refractivity contribution is 0.394. The first kappa shape index (κ1) is 12.7. The van der Waals surface area contributed by atoms with E-state index in [-0.39, 0.29) is 0 Å². The minimum Gasteiger partial charge on any atom is -0.399 e. The van der Waals surface area contributed by atoms with E-state index >= 15 is 0 Å². The number of aromatic nitrogens is 2. The molecule has 4 heteroatoms. The molecule has 3 nitrogen and oxygen atoms in total. The van der Waals surface area contributed by atoms with E-state index in [9.17, 15) is 0 Å². The molecule has 1 aliphatic carbocycles. The van der Waals surface area contributed by atoms with Crippen LogP contribution in [0.1, 0.15) is 32.6 Å². The molecule has 1 aromatic heterocycles. The Hall–Kier alpha value is -1.29. The van der Waals surface area contributed by atoms with Crippen LogP contribution in [-0.2, 0) is 0 Å². The first-order valence-electron chi connectivity index (χ1n) is 6.89. The maximum atomic E-state index is 5.88. The number of nitrogens with two attached hydrogens (primary N) is 1. The zero-order valence-corrected chi connectivity index (χ0v) is 12.0. The van der Waals surface area contributed by atoms with Gasteiger partial charge in [-0.1, -0.05) is 19.8 Å². The van der Waals surface area contributed by atoms with Gasteiger partial charge < -0.3 is 5.73 Å². The Morgan fingerprint density at radius 2 is 2.16 bits per heavy atom. The Labute approximate surface area is 118 Å². The molecule has 19 heavy (non-hydrogen) atoms. The average Bonchev–Trinajstić information content (AvgIpc) is 2.39. The van der Waals surface area contributed by atoms with Gasteiger partial charge in [0.15, 0.2) is 0 Å². The van der Waals surface area contributed by atoms with E-state index in [0.29, 0.717) is 5.25 Å². The molecular weight excluding hydrogens is 254 g/mol. The Morgan fingerprint density at radius 3 is 3.00 bits per heavy atom. The fraction of sp³-hybridized carbons (Fsp3) is 0.467. The molecule has 0 bridgehead atoms. The smallest absolute Gasteiger partial charge is 0.117 e. The van der Waals surface area contributed by atoms with E-state index in [1.54, 1.807) is 6.33 Å². The lowest BCUT2D eigenvalue weighted by Crippen LogP contribution is -2.15. The predicted molar refractivity (Wildman–Crippen MR) is 81.2 cm³/mol. The summed E-state index contributed by atoms with van der Waals surface area (Å²) in [6, 6.07) is 5.86. The van der Waals surface area contributed by atoms with Gasteiger partial charge in [0.1, 0.15) is 11.4 Å². The Morgan fingerprint density at radius 1 is 1.26 bits per heavy atom. The number of rotatable bonds is 2. The van der Waals surface area contributed by atoms with Crippen molar-refractivity contribution in [3.63, 3.8) is 0 Å². The highest BCUT2D eigenvalue weighted by Gasteiger charge is 2.21. The molecule has 0 amide bonds. The molecule has 1 aromatic carbocycles. The van der Waals surface area contributed by atoms with Crippen molar-refractivity contribution in [3.8, 4) is 0 Å². The van der Waals surface area contributed by atoms with E-state index in [2.05, 4.69) is 16.9 Å². The molecule has 2 atom stereocenters. The van der Waals surface area contributed by atoms with Gasteiger partial charge in [0.25, 0.3) is 0 Å². The van der Waals surface area contributed by atoms with Gasteiger partial charge in [-0.2, -0.15) is 0 Å². The molecule has 1 saturated carbocycles. The van der Waals surface area contributed by atoms with Gasteiger partial charge >= 0.3 is 0 Å². The third-order valence-corrected chi connectivity index (χ3v) is 5.10. The van der Waals surface area contributed by atoms with E-state index in [4.69, 9.17) is 5.73 Å². The van der Waals surface area contributed by atoms with Gasteiger partial charge in [0.2, 0.25) is 0 Å². The third kappa shape index (κ3) is 2.84. The second-order valence-corrected chi connectivity index (χ2v) is 6.76. The largest absolute Gasteiger partial charge is 0.399 e. The van der Waals surface area contributed by atoms with Crippen LogP contribution >= 0.6 is 11.8 Å². The molecule has 1 heterocycles. The second kappa shape index (κ2) is 5.37. The van der Waals surface area contributed by atoms with Crippen LogP contribution in [-0.4, -0.2) is 15.2 Å². The summed E-state index contributed by atoms with van der Waals surface area (Å²) in [7, 11) is 0. The maximum absolute atomic E-state index is 5.88. The molecule has 100 valence electrons. The normalized spacial score (nSPS) is 23.6. The van der Waals surface area contributed by atoms with Crippen LogP contribution < -0.4 is 5.73 Å². The fourth-order valence-corrected chi connectivity index (χ4v) is 4.21. The summed E-state index contributed by atoms with van der Waals surface area (Å²) < 4.78 is 0. The minimum atomic E-state index is 0.684. The number of nitrogens with zero attached hydrogens (tertiary/aromatic N) is 2. The van der Waals surface area contributed by atoms with Crippen LogP contribution in [0.4, 0.5) is 5.69 Å². The van der Waals surface area contributed by atoms with Crippen LogP contribution in [0.3, 0.4) is 0 Å². The Balaban J connectivity index is 1.89. The number of nitrogen functional groups attached to an aromatic ring is 1. The van der Waals surface area contributed by atoms with Crippen molar-refractivity contribution < 1.29 is 0 Å². The highest BCUT2D eigenvalue weighted by atomic mass is 32.2. The number of hydrogen-bond donors (Lipinski definition) is 1. The lowest BCUT2D eigenvalue weighted by atomic mass is 9.91. The molecule has 0 radical (unpaired) electrons. The van der Waals surface area contributed by atoms with Crippen molar-refractivity contribution in [2.75, 3.05) is 5.73 Å². The van der Waals surface area contributed by atoms with Crippen molar-refractivity contribution in [2.45, 2.75) is 42.9 Å². The Kier molecular flexibility index (Phi) is 3.60. The van der Waals surface area contributed by atoms with Crippen molar-refractivity contribution >= 4 is 28.4 Å². The molecule has 0 saturated heterocycles. The standard InChI is InChI=1S/C15H19N3S/c1-10-3-2-4-12(7-10)19-15-13-8-11(16)5-6-14(13)17-9-18-15/h5-6,8-10,12H,2-4,7,16H2,1H3. The van der Waals surface area contributed by atoms with E-state index in [1.165, 1.54) is 25.7 Å². The first-order chi connectivity index (χ1) is 9.22. The summed E-state index contributed by atoms with van der Waals surface area (Å²) >= 11 is 1.90. The van der Waals surface area contributed by atoms with Gasteiger partial charge in [-0.05, 0) is 37.0 Å². The van der Waals surface area contributed by atoms with Crippen LogP contribution in [0.15, 0.2) is 29.6 Å². The van der Waals surface area contributed by atoms with Crippen LogP contribution in [0, 0.1) is 5.92 Å². The molecule has 1 fully saturated rings. The summed E-state index contributed by atoms with van der Waals surface area (Å²) in [5.41, 5.74) is 7.64. The molecule has 2 N–H and O–H groups in total. The van der Waals surface area contributed by atoms with Crippen LogP contribution in [0.25, 0.3) is 10.9 Å². The summed E-state index contributed by atoms with van der Waals surface area (Å²) in [5.74, 6) is 0.837. The topological polar surface area (TPSA) is 51.8 Å². The number of fused-ring (bicyclic) bond motifs is 1.